The quantitative estimate of drug-likeness (QED) is 0.663. The van der Waals surface area contributed by atoms with Gasteiger partial charge in [-0.1, -0.05) is 0 Å². The predicted molar refractivity (Wildman–Crippen MR) is 126 cm³/mol. The number of nitrogens with zero attached hydrogens (tertiary/aromatic N) is 3. The van der Waals surface area contributed by atoms with Gasteiger partial charge < -0.3 is 15.1 Å². The van der Waals surface area contributed by atoms with Gasteiger partial charge in [0.15, 0.2) is 0 Å². The van der Waals surface area contributed by atoms with Gasteiger partial charge in [-0.05, 0) is 82.5 Å². The Bertz CT molecular complexity index is 725. The van der Waals surface area contributed by atoms with Gasteiger partial charge >= 0.3 is 0 Å². The van der Waals surface area contributed by atoms with E-state index < -0.39 is 0 Å². The number of rotatable bonds is 6. The zero-order chi connectivity index (χ0) is 23.0. The molecule has 6 aliphatic rings. The largest absolute Gasteiger partial charge is 0.355 e. The standard InChI is InChI=1S/C26H42N4O3/c1-19-4-2-3-7-30(19)24(32)18-28-8-10-29(11-9-28)23(31)5-6-27-25(33)26-15-20-12-21(16-26)14-22(13-20)17-26/h19-22H,2-18H2,1H3,(H,27,33). The third kappa shape index (κ3) is 4.94. The molecule has 2 saturated heterocycles. The second-order valence-electron chi connectivity index (χ2n) is 11.8. The lowest BCUT2D eigenvalue weighted by Gasteiger charge is -2.55. The number of piperidine rings is 1. The molecule has 4 bridgehead atoms. The van der Waals surface area contributed by atoms with E-state index in [1.54, 1.807) is 0 Å². The fourth-order valence-corrected chi connectivity index (χ4v) is 7.92. The van der Waals surface area contributed by atoms with Crippen LogP contribution in [0.5, 0.6) is 0 Å². The zero-order valence-corrected chi connectivity index (χ0v) is 20.4. The monoisotopic (exact) mass is 458 g/mol. The minimum Gasteiger partial charge on any atom is -0.355 e. The van der Waals surface area contributed by atoms with E-state index in [-0.39, 0.29) is 23.1 Å². The lowest BCUT2D eigenvalue weighted by Crippen LogP contribution is -2.54. The first kappa shape index (κ1) is 23.1. The number of hydrogen-bond acceptors (Lipinski definition) is 4. The van der Waals surface area contributed by atoms with Crippen molar-refractivity contribution in [2.24, 2.45) is 23.2 Å². The Morgan fingerprint density at radius 3 is 2.09 bits per heavy atom. The fraction of sp³-hybridized carbons (Fsp3) is 0.885. The molecule has 184 valence electrons. The zero-order valence-electron chi connectivity index (χ0n) is 20.4. The highest BCUT2D eigenvalue weighted by Crippen LogP contribution is 2.60. The maximum absolute atomic E-state index is 13.1. The number of piperazine rings is 1. The van der Waals surface area contributed by atoms with Crippen LogP contribution < -0.4 is 5.32 Å². The Balaban J connectivity index is 1.02. The first-order valence-electron chi connectivity index (χ1n) is 13.5. The average Bonchev–Trinajstić information content (AvgIpc) is 2.78. The Labute approximate surface area is 198 Å². The van der Waals surface area contributed by atoms with Crippen molar-refractivity contribution in [1.29, 1.82) is 0 Å². The van der Waals surface area contributed by atoms with Crippen molar-refractivity contribution in [1.82, 2.24) is 20.0 Å². The third-order valence-corrected chi connectivity index (χ3v) is 9.35. The highest BCUT2D eigenvalue weighted by molar-refractivity contribution is 5.84. The molecule has 1 unspecified atom stereocenters. The van der Waals surface area contributed by atoms with Gasteiger partial charge in [0.25, 0.3) is 0 Å². The Morgan fingerprint density at radius 1 is 0.848 bits per heavy atom. The smallest absolute Gasteiger partial charge is 0.236 e. The maximum atomic E-state index is 13.1. The molecule has 4 saturated carbocycles. The molecule has 6 fully saturated rings. The summed E-state index contributed by atoms with van der Waals surface area (Å²) < 4.78 is 0. The molecule has 1 N–H and O–H groups in total. The van der Waals surface area contributed by atoms with E-state index in [2.05, 4.69) is 17.1 Å². The highest BCUT2D eigenvalue weighted by atomic mass is 16.2. The molecule has 4 aliphatic carbocycles. The van der Waals surface area contributed by atoms with E-state index in [9.17, 15) is 14.4 Å². The van der Waals surface area contributed by atoms with Crippen LogP contribution in [0.15, 0.2) is 0 Å². The number of amides is 3. The number of nitrogens with one attached hydrogen (secondary N) is 1. The summed E-state index contributed by atoms with van der Waals surface area (Å²) in [6.45, 7) is 6.79. The van der Waals surface area contributed by atoms with Crippen LogP contribution in [0.4, 0.5) is 0 Å². The van der Waals surface area contributed by atoms with Crippen molar-refractivity contribution >= 4 is 17.7 Å². The summed E-state index contributed by atoms with van der Waals surface area (Å²) in [5.74, 6) is 2.83. The average molecular weight is 459 g/mol. The first-order chi connectivity index (χ1) is 15.9. The molecule has 6 rings (SSSR count). The summed E-state index contributed by atoms with van der Waals surface area (Å²) in [4.78, 5) is 44.6. The van der Waals surface area contributed by atoms with Crippen molar-refractivity contribution in [3.63, 3.8) is 0 Å². The Morgan fingerprint density at radius 2 is 1.48 bits per heavy atom. The second-order valence-corrected chi connectivity index (χ2v) is 11.8. The molecule has 3 amide bonds. The lowest BCUT2D eigenvalue weighted by atomic mass is 9.49. The second kappa shape index (κ2) is 9.55. The minimum absolute atomic E-state index is 0.122. The Hall–Kier alpha value is -1.63. The van der Waals surface area contributed by atoms with Crippen LogP contribution in [0, 0.1) is 23.2 Å². The van der Waals surface area contributed by atoms with Crippen LogP contribution in [0.2, 0.25) is 0 Å². The molecule has 0 aromatic rings. The molecular weight excluding hydrogens is 416 g/mol. The van der Waals surface area contributed by atoms with Crippen LogP contribution in [0.3, 0.4) is 0 Å². The van der Waals surface area contributed by atoms with Crippen molar-refractivity contribution in [3.05, 3.63) is 0 Å². The van der Waals surface area contributed by atoms with E-state index in [0.29, 0.717) is 38.6 Å². The maximum Gasteiger partial charge on any atom is 0.236 e. The third-order valence-electron chi connectivity index (χ3n) is 9.35. The van der Waals surface area contributed by atoms with Crippen LogP contribution in [0.1, 0.15) is 71.1 Å². The summed E-state index contributed by atoms with van der Waals surface area (Å²) in [6, 6.07) is 0.350. The van der Waals surface area contributed by atoms with Crippen molar-refractivity contribution in [2.75, 3.05) is 45.8 Å². The van der Waals surface area contributed by atoms with Crippen LogP contribution >= 0.6 is 0 Å². The molecule has 0 aromatic carbocycles. The van der Waals surface area contributed by atoms with E-state index in [4.69, 9.17) is 0 Å². The van der Waals surface area contributed by atoms with Crippen LogP contribution in [-0.2, 0) is 14.4 Å². The molecule has 0 radical (unpaired) electrons. The van der Waals surface area contributed by atoms with Gasteiger partial charge in [-0.25, -0.2) is 0 Å². The van der Waals surface area contributed by atoms with Crippen molar-refractivity contribution in [3.8, 4) is 0 Å². The summed E-state index contributed by atoms with van der Waals surface area (Å²) in [5, 5.41) is 3.14. The summed E-state index contributed by atoms with van der Waals surface area (Å²) >= 11 is 0. The van der Waals surface area contributed by atoms with Gasteiger partial charge in [-0.3, -0.25) is 19.3 Å². The molecule has 0 spiro atoms. The van der Waals surface area contributed by atoms with Gasteiger partial charge in [-0.15, -0.1) is 0 Å². The molecule has 33 heavy (non-hydrogen) atoms. The summed E-state index contributed by atoms with van der Waals surface area (Å²) in [6.07, 6.45) is 11.0. The van der Waals surface area contributed by atoms with Crippen molar-refractivity contribution in [2.45, 2.75) is 77.2 Å². The molecule has 0 aromatic heterocycles. The van der Waals surface area contributed by atoms with E-state index >= 15 is 0 Å². The van der Waals surface area contributed by atoms with E-state index in [1.165, 1.54) is 25.7 Å². The van der Waals surface area contributed by atoms with Gasteiger partial charge in [-0.2, -0.15) is 0 Å². The molecule has 7 nitrogen and oxygen atoms in total. The van der Waals surface area contributed by atoms with Gasteiger partial charge in [0.1, 0.15) is 0 Å². The summed E-state index contributed by atoms with van der Waals surface area (Å²) in [5.41, 5.74) is -0.137. The number of hydrogen-bond donors (Lipinski definition) is 1. The number of carbonyl (C=O) groups is 3. The molecule has 2 heterocycles. The molecule has 7 heteroatoms. The Kier molecular flexibility index (Phi) is 6.69. The minimum atomic E-state index is -0.137. The molecular formula is C26H42N4O3. The van der Waals surface area contributed by atoms with Gasteiger partial charge in [0.05, 0.1) is 6.54 Å². The van der Waals surface area contributed by atoms with Crippen LogP contribution in [-0.4, -0.2) is 84.3 Å². The number of likely N-dealkylation sites (tertiary alicyclic amines) is 1. The highest BCUT2D eigenvalue weighted by Gasteiger charge is 2.54. The molecule has 2 aliphatic heterocycles. The molecule has 1 atom stereocenters. The SMILES string of the molecule is CC1CCCCN1C(=O)CN1CCN(C(=O)CCNC(=O)C23CC4CC(CC(C4)C2)C3)CC1. The van der Waals surface area contributed by atoms with Crippen molar-refractivity contribution < 1.29 is 14.4 Å². The lowest BCUT2D eigenvalue weighted by molar-refractivity contribution is -0.146. The van der Waals surface area contributed by atoms with Crippen LogP contribution in [0.25, 0.3) is 0 Å². The van der Waals surface area contributed by atoms with Gasteiger partial charge in [0.2, 0.25) is 17.7 Å². The number of carbonyl (C=O) groups excluding carboxylic acids is 3. The fourth-order valence-electron chi connectivity index (χ4n) is 7.92. The topological polar surface area (TPSA) is 73.0 Å². The van der Waals surface area contributed by atoms with E-state index in [1.807, 2.05) is 9.80 Å². The predicted octanol–water partition coefficient (Wildman–Crippen LogP) is 2.25. The van der Waals surface area contributed by atoms with Gasteiger partial charge in [0, 0.05) is 57.1 Å². The summed E-state index contributed by atoms with van der Waals surface area (Å²) in [7, 11) is 0. The first-order valence-corrected chi connectivity index (χ1v) is 13.5. The van der Waals surface area contributed by atoms with E-state index in [0.717, 1.165) is 69.5 Å². The normalized spacial score (nSPS) is 36.2.